The van der Waals surface area contributed by atoms with Gasteiger partial charge in [-0.3, -0.25) is 10.1 Å². The van der Waals surface area contributed by atoms with Crippen LogP contribution in [0.1, 0.15) is 10.4 Å². The van der Waals surface area contributed by atoms with Crippen molar-refractivity contribution in [1.82, 2.24) is 14.7 Å². The maximum absolute atomic E-state index is 12.2. The number of amides is 2. The molecule has 1 aromatic carbocycles. The number of rotatable bonds is 6. The summed E-state index contributed by atoms with van der Waals surface area (Å²) in [5.41, 5.74) is -0.0814. The minimum Gasteiger partial charge on any atom is -0.481 e. The molecule has 0 spiro atoms. The van der Waals surface area contributed by atoms with Crippen molar-refractivity contribution in [3.8, 4) is 11.8 Å². The number of benzene rings is 1. The summed E-state index contributed by atoms with van der Waals surface area (Å²) in [6, 6.07) is 5.70. The Morgan fingerprint density at radius 3 is 2.28 bits per heavy atom. The lowest BCUT2D eigenvalue weighted by Gasteiger charge is -2.10. The van der Waals surface area contributed by atoms with Crippen molar-refractivity contribution < 1.29 is 27.5 Å². The first-order chi connectivity index (χ1) is 11.9. The first kappa shape index (κ1) is 18.1. The van der Waals surface area contributed by atoms with E-state index in [9.17, 15) is 18.0 Å². The highest BCUT2D eigenvalue weighted by Gasteiger charge is 2.21. The Hall–Kier alpha value is -3.21. The molecule has 2 rings (SSSR count). The molecule has 0 bridgehead atoms. The summed E-state index contributed by atoms with van der Waals surface area (Å²) in [6.45, 7) is 0. The maximum atomic E-state index is 12.2. The monoisotopic (exact) mass is 366 g/mol. The highest BCUT2D eigenvalue weighted by Crippen LogP contribution is 2.17. The Bertz CT molecular complexity index is 878. The molecule has 0 unspecified atom stereocenters. The Morgan fingerprint density at radius 1 is 1.12 bits per heavy atom. The molecule has 2 aromatic rings. The number of nitrogens with one attached hydrogen (secondary N) is 2. The van der Waals surface area contributed by atoms with Crippen LogP contribution in [0.3, 0.4) is 0 Å². The molecular formula is C14H14N4O6S. The fraction of sp³-hybridized carbons (Fsp3) is 0.143. The molecule has 1 heterocycles. The van der Waals surface area contributed by atoms with E-state index >= 15 is 0 Å². The zero-order valence-corrected chi connectivity index (χ0v) is 14.0. The lowest BCUT2D eigenvalue weighted by Crippen LogP contribution is -2.35. The molecule has 25 heavy (non-hydrogen) atoms. The van der Waals surface area contributed by atoms with Gasteiger partial charge >= 0.3 is 6.03 Å². The van der Waals surface area contributed by atoms with Crippen molar-refractivity contribution >= 4 is 28.3 Å². The van der Waals surface area contributed by atoms with Gasteiger partial charge in [0.15, 0.2) is 6.29 Å². The van der Waals surface area contributed by atoms with Crippen LogP contribution in [0, 0.1) is 0 Å². The summed E-state index contributed by atoms with van der Waals surface area (Å²) in [7, 11) is -1.56. The Morgan fingerprint density at radius 2 is 1.72 bits per heavy atom. The zero-order chi connectivity index (χ0) is 18.4. The Kier molecular flexibility index (Phi) is 5.49. The van der Waals surface area contributed by atoms with Crippen molar-refractivity contribution in [3.63, 3.8) is 0 Å². The summed E-state index contributed by atoms with van der Waals surface area (Å²) in [5, 5.41) is 2.15. The van der Waals surface area contributed by atoms with Gasteiger partial charge in [0.25, 0.3) is 10.0 Å². The van der Waals surface area contributed by atoms with Crippen LogP contribution in [0.15, 0.2) is 35.2 Å². The van der Waals surface area contributed by atoms with Gasteiger partial charge in [0.2, 0.25) is 17.7 Å². The van der Waals surface area contributed by atoms with Crippen molar-refractivity contribution in [2.45, 2.75) is 4.90 Å². The number of hydrogen-bond donors (Lipinski definition) is 2. The molecule has 0 aliphatic rings. The van der Waals surface area contributed by atoms with Gasteiger partial charge in [-0.05, 0) is 6.07 Å². The normalized spacial score (nSPS) is 10.6. The van der Waals surface area contributed by atoms with Gasteiger partial charge in [-0.25, -0.2) is 17.9 Å². The Balaban J connectivity index is 2.21. The highest BCUT2D eigenvalue weighted by atomic mass is 32.2. The third-order valence-corrected chi connectivity index (χ3v) is 4.29. The second-order valence-corrected chi connectivity index (χ2v) is 6.14. The van der Waals surface area contributed by atoms with E-state index < -0.39 is 16.1 Å². The molecule has 2 N–H and O–H groups in total. The van der Waals surface area contributed by atoms with Crippen molar-refractivity contribution in [2.24, 2.45) is 0 Å². The van der Waals surface area contributed by atoms with Crippen LogP contribution in [-0.2, 0) is 10.0 Å². The molecule has 0 saturated heterocycles. The maximum Gasteiger partial charge on any atom is 0.335 e. The number of aldehydes is 1. The number of methoxy groups -OCH3 is 2. The summed E-state index contributed by atoms with van der Waals surface area (Å²) in [4.78, 5) is 30.3. The van der Waals surface area contributed by atoms with E-state index in [1.54, 1.807) is 4.72 Å². The molecule has 0 radical (unpaired) electrons. The van der Waals surface area contributed by atoms with Gasteiger partial charge < -0.3 is 9.47 Å². The van der Waals surface area contributed by atoms with E-state index in [-0.39, 0.29) is 28.2 Å². The standard InChI is InChI=1S/C14H14N4O6S/c1-23-11-7-12(24-2)16-13(15-11)17-14(20)18-25(21,22)10-6-4-3-5-9(10)8-19/h3-8H,1-2H3,(H2,15,16,17,18,20). The van der Waals surface area contributed by atoms with Crippen LogP contribution in [0.25, 0.3) is 0 Å². The lowest BCUT2D eigenvalue weighted by atomic mass is 10.2. The number of sulfonamides is 1. The number of anilines is 1. The third kappa shape index (κ3) is 4.41. The summed E-state index contributed by atoms with van der Waals surface area (Å²) >= 11 is 0. The average Bonchev–Trinajstić information content (AvgIpc) is 2.60. The molecule has 0 aliphatic heterocycles. The number of nitrogens with zero attached hydrogens (tertiary/aromatic N) is 2. The van der Waals surface area contributed by atoms with Crippen LogP contribution < -0.4 is 19.5 Å². The van der Waals surface area contributed by atoms with Crippen molar-refractivity contribution in [3.05, 3.63) is 35.9 Å². The number of carbonyl (C=O) groups is 2. The summed E-state index contributed by atoms with van der Waals surface area (Å²) in [6.07, 6.45) is 0.377. The largest absolute Gasteiger partial charge is 0.481 e. The van der Waals surface area contributed by atoms with Gasteiger partial charge in [-0.1, -0.05) is 18.2 Å². The first-order valence-electron chi connectivity index (χ1n) is 6.74. The van der Waals surface area contributed by atoms with E-state index in [0.717, 1.165) is 0 Å². The lowest BCUT2D eigenvalue weighted by molar-refractivity contribution is 0.112. The molecule has 10 nitrogen and oxygen atoms in total. The van der Waals surface area contributed by atoms with Gasteiger partial charge in [0, 0.05) is 5.56 Å². The second kappa shape index (κ2) is 7.57. The van der Waals surface area contributed by atoms with Crippen LogP contribution in [-0.4, -0.2) is 44.9 Å². The van der Waals surface area contributed by atoms with Crippen LogP contribution >= 0.6 is 0 Å². The van der Waals surface area contributed by atoms with E-state index in [2.05, 4.69) is 15.3 Å². The minimum absolute atomic E-state index is 0.0814. The molecule has 2 amide bonds. The summed E-state index contributed by atoms with van der Waals surface area (Å²) in [5.74, 6) is -0.0137. The molecule has 11 heteroatoms. The fourth-order valence-electron chi connectivity index (χ4n) is 1.80. The molecule has 1 aromatic heterocycles. The average molecular weight is 366 g/mol. The number of carbonyl (C=O) groups excluding carboxylic acids is 2. The second-order valence-electron chi connectivity index (χ2n) is 4.49. The van der Waals surface area contributed by atoms with Crippen LogP contribution in [0.5, 0.6) is 11.8 Å². The predicted molar refractivity (Wildman–Crippen MR) is 86.3 cm³/mol. The molecule has 0 aliphatic carbocycles. The SMILES string of the molecule is COc1cc(OC)nc(NC(=O)NS(=O)(=O)c2ccccc2C=O)n1. The first-order valence-corrected chi connectivity index (χ1v) is 8.23. The zero-order valence-electron chi connectivity index (χ0n) is 13.2. The van der Waals surface area contributed by atoms with E-state index in [4.69, 9.17) is 9.47 Å². The van der Waals surface area contributed by atoms with E-state index in [1.165, 1.54) is 44.6 Å². The number of ether oxygens (including phenoxy) is 2. The molecule has 0 atom stereocenters. The molecule has 132 valence electrons. The van der Waals surface area contributed by atoms with Crippen molar-refractivity contribution in [2.75, 3.05) is 19.5 Å². The van der Waals surface area contributed by atoms with Crippen molar-refractivity contribution in [1.29, 1.82) is 0 Å². The summed E-state index contributed by atoms with van der Waals surface area (Å²) < 4.78 is 36.1. The van der Waals surface area contributed by atoms with Crippen LogP contribution in [0.4, 0.5) is 10.7 Å². The Labute approximate surface area is 143 Å². The van der Waals surface area contributed by atoms with Gasteiger partial charge in [-0.15, -0.1) is 0 Å². The fourth-order valence-corrected chi connectivity index (χ4v) is 2.88. The van der Waals surface area contributed by atoms with Gasteiger partial charge in [0.1, 0.15) is 0 Å². The molecule has 0 fully saturated rings. The predicted octanol–water partition coefficient (Wildman–Crippen LogP) is 0.817. The van der Waals surface area contributed by atoms with E-state index in [0.29, 0.717) is 6.29 Å². The van der Waals surface area contributed by atoms with Gasteiger partial charge in [0.05, 0.1) is 25.2 Å². The minimum atomic E-state index is -4.27. The highest BCUT2D eigenvalue weighted by molar-refractivity contribution is 7.90. The van der Waals surface area contributed by atoms with Gasteiger partial charge in [-0.2, -0.15) is 9.97 Å². The third-order valence-electron chi connectivity index (χ3n) is 2.89. The van der Waals surface area contributed by atoms with E-state index in [1.807, 2.05) is 0 Å². The number of urea groups is 1. The van der Waals surface area contributed by atoms with Crippen LogP contribution in [0.2, 0.25) is 0 Å². The molecular weight excluding hydrogens is 352 g/mol. The quantitative estimate of drug-likeness (QED) is 0.717. The molecule has 0 saturated carbocycles. The smallest absolute Gasteiger partial charge is 0.335 e. The topological polar surface area (TPSA) is 137 Å². The number of hydrogen-bond acceptors (Lipinski definition) is 8. The number of aromatic nitrogens is 2.